The van der Waals surface area contributed by atoms with Crippen LogP contribution in [0.15, 0.2) is 12.1 Å². The number of halogens is 1. The number of carbonyl (C=O) groups is 1. The maximum atomic E-state index is 12.3. The van der Waals surface area contributed by atoms with Crippen LogP contribution >= 0.6 is 11.6 Å². The summed E-state index contributed by atoms with van der Waals surface area (Å²) < 4.78 is 0. The standard InChI is InChI=1S/C11H14ClN7O/c1-6-14-10(18-17-6)5-19(2)11(20)7-3-8(12)15-9(4-7)16-13/h3-4H,5,13H2,1-2H3,(H,15,16)(H,14,17,18). The van der Waals surface area contributed by atoms with Gasteiger partial charge in [0.15, 0.2) is 5.82 Å². The molecule has 1 amide bonds. The van der Waals surface area contributed by atoms with E-state index < -0.39 is 0 Å². The highest BCUT2D eigenvalue weighted by molar-refractivity contribution is 6.29. The first-order valence-electron chi connectivity index (χ1n) is 5.77. The number of nitrogens with zero attached hydrogens (tertiary/aromatic N) is 4. The molecule has 4 N–H and O–H groups in total. The molecule has 0 fully saturated rings. The van der Waals surface area contributed by atoms with E-state index in [-0.39, 0.29) is 17.6 Å². The van der Waals surface area contributed by atoms with Gasteiger partial charge in [-0.1, -0.05) is 11.6 Å². The lowest BCUT2D eigenvalue weighted by Crippen LogP contribution is -2.27. The highest BCUT2D eigenvalue weighted by Crippen LogP contribution is 2.15. The molecule has 0 aromatic carbocycles. The Labute approximate surface area is 120 Å². The topological polar surface area (TPSA) is 113 Å². The van der Waals surface area contributed by atoms with Gasteiger partial charge in [0.05, 0.1) is 6.54 Å². The van der Waals surface area contributed by atoms with Crippen LogP contribution in [0, 0.1) is 6.92 Å². The first kappa shape index (κ1) is 14.2. The second-order valence-electron chi connectivity index (χ2n) is 4.21. The molecule has 0 spiro atoms. The number of nitrogens with two attached hydrogens (primary N) is 1. The van der Waals surface area contributed by atoms with Crippen molar-refractivity contribution in [3.8, 4) is 0 Å². The van der Waals surface area contributed by atoms with Crippen LogP contribution in [0.4, 0.5) is 5.82 Å². The van der Waals surface area contributed by atoms with E-state index in [1.807, 2.05) is 0 Å². The molecule has 0 bridgehead atoms. The summed E-state index contributed by atoms with van der Waals surface area (Å²) in [6.45, 7) is 2.08. The van der Waals surface area contributed by atoms with Gasteiger partial charge in [-0.2, -0.15) is 5.10 Å². The summed E-state index contributed by atoms with van der Waals surface area (Å²) in [5.41, 5.74) is 2.74. The van der Waals surface area contributed by atoms with Crippen molar-refractivity contribution < 1.29 is 4.79 Å². The van der Waals surface area contributed by atoms with Gasteiger partial charge in [-0.05, 0) is 19.1 Å². The predicted molar refractivity (Wildman–Crippen MR) is 74.0 cm³/mol. The molecule has 106 valence electrons. The average Bonchev–Trinajstić information content (AvgIpc) is 2.82. The summed E-state index contributed by atoms with van der Waals surface area (Å²) in [5, 5.41) is 6.89. The van der Waals surface area contributed by atoms with Crippen molar-refractivity contribution in [1.82, 2.24) is 25.1 Å². The molecule has 0 saturated carbocycles. The van der Waals surface area contributed by atoms with Crippen LogP contribution in [0.1, 0.15) is 22.0 Å². The van der Waals surface area contributed by atoms with Gasteiger partial charge in [0.1, 0.15) is 16.8 Å². The zero-order valence-electron chi connectivity index (χ0n) is 11.0. The van der Waals surface area contributed by atoms with Gasteiger partial charge in [-0.3, -0.25) is 9.89 Å². The van der Waals surface area contributed by atoms with E-state index in [9.17, 15) is 4.79 Å². The van der Waals surface area contributed by atoms with Crippen molar-refractivity contribution in [1.29, 1.82) is 0 Å². The summed E-state index contributed by atoms with van der Waals surface area (Å²) in [4.78, 5) is 21.8. The van der Waals surface area contributed by atoms with Gasteiger partial charge >= 0.3 is 0 Å². The molecule has 0 aliphatic carbocycles. The predicted octanol–water partition coefficient (Wildman–Crippen LogP) is 0.719. The number of aromatic nitrogens is 4. The second kappa shape index (κ2) is 5.85. The summed E-state index contributed by atoms with van der Waals surface area (Å²) in [6, 6.07) is 3.00. The quantitative estimate of drug-likeness (QED) is 0.435. The number of nitrogens with one attached hydrogen (secondary N) is 2. The normalized spacial score (nSPS) is 10.4. The van der Waals surface area contributed by atoms with Crippen LogP contribution in [0.25, 0.3) is 0 Å². The van der Waals surface area contributed by atoms with E-state index in [0.29, 0.717) is 23.0 Å². The van der Waals surface area contributed by atoms with Crippen LogP contribution in [0.2, 0.25) is 5.15 Å². The molecule has 9 heteroatoms. The van der Waals surface area contributed by atoms with Crippen molar-refractivity contribution >= 4 is 23.3 Å². The first-order valence-corrected chi connectivity index (χ1v) is 6.15. The smallest absolute Gasteiger partial charge is 0.254 e. The number of anilines is 1. The Balaban J connectivity index is 2.15. The van der Waals surface area contributed by atoms with Gasteiger partial charge < -0.3 is 10.3 Å². The van der Waals surface area contributed by atoms with Crippen LogP contribution < -0.4 is 11.3 Å². The zero-order chi connectivity index (χ0) is 14.7. The monoisotopic (exact) mass is 295 g/mol. The number of rotatable bonds is 4. The van der Waals surface area contributed by atoms with Gasteiger partial charge in [0, 0.05) is 12.6 Å². The molecule has 8 nitrogen and oxygen atoms in total. The highest BCUT2D eigenvalue weighted by Gasteiger charge is 2.15. The minimum Gasteiger partial charge on any atom is -0.334 e. The fourth-order valence-corrected chi connectivity index (χ4v) is 1.87. The van der Waals surface area contributed by atoms with E-state index in [0.717, 1.165) is 0 Å². The molecule has 20 heavy (non-hydrogen) atoms. The molecule has 2 aromatic heterocycles. The lowest BCUT2D eigenvalue weighted by atomic mass is 10.2. The Morgan fingerprint density at radius 1 is 1.50 bits per heavy atom. The number of amides is 1. The number of H-pyrrole nitrogens is 1. The summed E-state index contributed by atoms with van der Waals surface area (Å²) in [6.07, 6.45) is 0. The Morgan fingerprint density at radius 2 is 2.25 bits per heavy atom. The number of aromatic amines is 1. The van der Waals surface area contributed by atoms with E-state index in [2.05, 4.69) is 25.6 Å². The maximum absolute atomic E-state index is 12.3. The molecule has 0 aliphatic rings. The third-order valence-electron chi connectivity index (χ3n) is 2.56. The fourth-order valence-electron chi connectivity index (χ4n) is 1.66. The molecule has 2 aromatic rings. The number of nitrogen functional groups attached to an aromatic ring is 1. The molecule has 0 saturated heterocycles. The molecule has 0 atom stereocenters. The van der Waals surface area contributed by atoms with Crippen LogP contribution in [0.3, 0.4) is 0 Å². The van der Waals surface area contributed by atoms with Crippen molar-refractivity contribution in [2.75, 3.05) is 12.5 Å². The van der Waals surface area contributed by atoms with Crippen LogP contribution in [-0.4, -0.2) is 38.0 Å². The molecule has 0 unspecified atom stereocenters. The largest absolute Gasteiger partial charge is 0.334 e. The molecule has 0 aliphatic heterocycles. The Morgan fingerprint density at radius 3 is 2.85 bits per heavy atom. The lowest BCUT2D eigenvalue weighted by molar-refractivity contribution is 0.0781. The van der Waals surface area contributed by atoms with E-state index >= 15 is 0 Å². The van der Waals surface area contributed by atoms with Gasteiger partial charge in [0.2, 0.25) is 0 Å². The highest BCUT2D eigenvalue weighted by atomic mass is 35.5. The minimum absolute atomic E-state index is 0.186. The first-order chi connectivity index (χ1) is 9.49. The summed E-state index contributed by atoms with van der Waals surface area (Å²) >= 11 is 5.83. The number of hydrogen-bond acceptors (Lipinski definition) is 6. The van der Waals surface area contributed by atoms with E-state index in [1.165, 1.54) is 17.0 Å². The Kier molecular flexibility index (Phi) is 4.16. The lowest BCUT2D eigenvalue weighted by Gasteiger charge is -2.15. The van der Waals surface area contributed by atoms with Crippen LogP contribution in [0.5, 0.6) is 0 Å². The second-order valence-corrected chi connectivity index (χ2v) is 4.59. The summed E-state index contributed by atoms with van der Waals surface area (Å²) in [5.74, 6) is 6.60. The number of carbonyl (C=O) groups excluding carboxylic acids is 1. The molecular weight excluding hydrogens is 282 g/mol. The van der Waals surface area contributed by atoms with Crippen molar-refractivity contribution in [3.63, 3.8) is 0 Å². The van der Waals surface area contributed by atoms with E-state index in [4.69, 9.17) is 17.4 Å². The zero-order valence-corrected chi connectivity index (χ0v) is 11.8. The fraction of sp³-hybridized carbons (Fsp3) is 0.273. The Bertz CT molecular complexity index is 627. The average molecular weight is 296 g/mol. The number of hydrazine groups is 1. The van der Waals surface area contributed by atoms with Crippen LogP contribution in [-0.2, 0) is 6.54 Å². The number of pyridine rings is 1. The Hall–Kier alpha value is -2.19. The van der Waals surface area contributed by atoms with Gasteiger partial charge in [0.25, 0.3) is 5.91 Å². The molecule has 0 radical (unpaired) electrons. The van der Waals surface area contributed by atoms with Crippen molar-refractivity contribution in [2.45, 2.75) is 13.5 Å². The van der Waals surface area contributed by atoms with Gasteiger partial charge in [-0.25, -0.2) is 15.8 Å². The van der Waals surface area contributed by atoms with Crippen molar-refractivity contribution in [3.05, 3.63) is 34.5 Å². The third kappa shape index (κ3) is 3.22. The molecular formula is C11H14ClN7O. The number of aryl methyl sites for hydroxylation is 1. The minimum atomic E-state index is -0.228. The van der Waals surface area contributed by atoms with E-state index in [1.54, 1.807) is 14.0 Å². The third-order valence-corrected chi connectivity index (χ3v) is 2.75. The van der Waals surface area contributed by atoms with Crippen molar-refractivity contribution in [2.24, 2.45) is 5.84 Å². The molecule has 2 rings (SSSR count). The van der Waals surface area contributed by atoms with Gasteiger partial charge in [-0.15, -0.1) is 0 Å². The maximum Gasteiger partial charge on any atom is 0.254 e. The summed E-state index contributed by atoms with van der Waals surface area (Å²) in [7, 11) is 1.65. The SMILES string of the molecule is Cc1nc(CN(C)C(=O)c2cc(Cl)nc(NN)c2)n[nH]1. The molecule has 2 heterocycles. The number of hydrogen-bond donors (Lipinski definition) is 3.